The molecule has 3 amide bonds. The van der Waals surface area contributed by atoms with Crippen LogP contribution in [0, 0.1) is 18.8 Å². The van der Waals surface area contributed by atoms with Gasteiger partial charge in [-0.2, -0.15) is 5.10 Å². The van der Waals surface area contributed by atoms with E-state index in [1.165, 1.54) is 0 Å². The standard InChI is InChI=1S/C32H40N4O6/c1-20-8-10-21(11-9-20)18-26(33-32(39)40)31(38)35-16-14-23(15-17-35)36-30(37)25-7-5-4-6-24(25)29(34-36)22-12-13-27(41-2)28(19-22)42-3/h8-13,19,23-26,33H,4-7,14-18H2,1-3H3,(H,39,40)/t24-,25+,26+/m0/s1. The second-order valence-corrected chi connectivity index (χ2v) is 11.5. The Morgan fingerprint density at radius 1 is 0.976 bits per heavy atom. The molecule has 42 heavy (non-hydrogen) atoms. The Labute approximate surface area is 246 Å². The van der Waals surface area contributed by atoms with Gasteiger partial charge in [0.25, 0.3) is 0 Å². The highest BCUT2D eigenvalue weighted by Crippen LogP contribution is 2.40. The molecule has 0 bridgehead atoms. The van der Waals surface area contributed by atoms with Crippen molar-refractivity contribution in [2.75, 3.05) is 27.3 Å². The second kappa shape index (κ2) is 12.8. The fraction of sp³-hybridized carbons (Fsp3) is 0.500. The summed E-state index contributed by atoms with van der Waals surface area (Å²) < 4.78 is 11.0. The second-order valence-electron chi connectivity index (χ2n) is 11.5. The first-order valence-corrected chi connectivity index (χ1v) is 14.8. The summed E-state index contributed by atoms with van der Waals surface area (Å²) in [6, 6.07) is 12.5. The molecular weight excluding hydrogens is 536 g/mol. The fourth-order valence-corrected chi connectivity index (χ4v) is 6.55. The number of nitrogens with one attached hydrogen (secondary N) is 1. The number of aryl methyl sites for hydroxylation is 1. The number of fused-ring (bicyclic) bond motifs is 1. The van der Waals surface area contributed by atoms with Gasteiger partial charge in [0.05, 0.1) is 26.0 Å². The summed E-state index contributed by atoms with van der Waals surface area (Å²) in [5, 5.41) is 18.5. The van der Waals surface area contributed by atoms with Crippen LogP contribution in [0.25, 0.3) is 0 Å². The molecule has 10 heteroatoms. The molecule has 2 fully saturated rings. The van der Waals surface area contributed by atoms with Crippen LogP contribution in [0.5, 0.6) is 11.5 Å². The van der Waals surface area contributed by atoms with Gasteiger partial charge in [-0.05, 0) is 56.4 Å². The number of carbonyl (C=O) groups excluding carboxylic acids is 2. The van der Waals surface area contributed by atoms with E-state index in [1.807, 2.05) is 49.4 Å². The Bertz CT molecular complexity index is 1340. The number of benzene rings is 2. The minimum Gasteiger partial charge on any atom is -0.493 e. The molecule has 5 rings (SSSR count). The zero-order valence-corrected chi connectivity index (χ0v) is 24.5. The molecule has 2 aliphatic heterocycles. The zero-order chi connectivity index (χ0) is 29.8. The van der Waals surface area contributed by atoms with Crippen LogP contribution in [0.15, 0.2) is 47.6 Å². The van der Waals surface area contributed by atoms with Crippen LogP contribution in [-0.2, 0) is 16.0 Å². The van der Waals surface area contributed by atoms with Gasteiger partial charge in [-0.1, -0.05) is 42.7 Å². The van der Waals surface area contributed by atoms with Crippen LogP contribution in [-0.4, -0.2) is 78.0 Å². The third-order valence-electron chi connectivity index (χ3n) is 8.83. The summed E-state index contributed by atoms with van der Waals surface area (Å²) >= 11 is 0. The van der Waals surface area contributed by atoms with E-state index in [0.29, 0.717) is 37.4 Å². The van der Waals surface area contributed by atoms with Gasteiger partial charge < -0.3 is 24.8 Å². The number of methoxy groups -OCH3 is 2. The molecule has 224 valence electrons. The molecule has 0 aromatic heterocycles. The van der Waals surface area contributed by atoms with Crippen LogP contribution in [0.2, 0.25) is 0 Å². The topological polar surface area (TPSA) is 121 Å². The number of hydrogen-bond acceptors (Lipinski definition) is 6. The van der Waals surface area contributed by atoms with E-state index in [1.54, 1.807) is 24.1 Å². The van der Waals surface area contributed by atoms with Crippen LogP contribution in [0.4, 0.5) is 4.79 Å². The molecule has 2 N–H and O–H groups in total. The van der Waals surface area contributed by atoms with E-state index in [4.69, 9.17) is 14.6 Å². The van der Waals surface area contributed by atoms with E-state index >= 15 is 0 Å². The van der Waals surface area contributed by atoms with Gasteiger partial charge in [-0.3, -0.25) is 9.59 Å². The maximum atomic E-state index is 13.7. The summed E-state index contributed by atoms with van der Waals surface area (Å²) in [6.07, 6.45) is 4.03. The molecule has 0 unspecified atom stereocenters. The monoisotopic (exact) mass is 576 g/mol. The summed E-state index contributed by atoms with van der Waals surface area (Å²) in [5.74, 6) is 1.03. The number of amides is 3. The highest BCUT2D eigenvalue weighted by Gasteiger charge is 2.44. The van der Waals surface area contributed by atoms with Gasteiger partial charge in [0.2, 0.25) is 11.8 Å². The lowest BCUT2D eigenvalue weighted by Gasteiger charge is -2.43. The summed E-state index contributed by atoms with van der Waals surface area (Å²) in [5.41, 5.74) is 3.81. The van der Waals surface area contributed by atoms with Crippen LogP contribution in [0.1, 0.15) is 55.2 Å². The van der Waals surface area contributed by atoms with Gasteiger partial charge >= 0.3 is 6.09 Å². The number of nitrogens with zero attached hydrogens (tertiary/aromatic N) is 3. The van der Waals surface area contributed by atoms with E-state index in [2.05, 4.69) is 5.32 Å². The highest BCUT2D eigenvalue weighted by atomic mass is 16.5. The summed E-state index contributed by atoms with van der Waals surface area (Å²) in [4.78, 5) is 40.4. The molecule has 0 radical (unpaired) electrons. The lowest BCUT2D eigenvalue weighted by molar-refractivity contribution is -0.143. The van der Waals surface area contributed by atoms with Gasteiger partial charge in [0, 0.05) is 36.9 Å². The van der Waals surface area contributed by atoms with Crippen LogP contribution >= 0.6 is 0 Å². The molecule has 10 nitrogen and oxygen atoms in total. The van der Waals surface area contributed by atoms with E-state index < -0.39 is 12.1 Å². The molecule has 2 heterocycles. The molecule has 1 aliphatic carbocycles. The Morgan fingerprint density at radius 2 is 1.64 bits per heavy atom. The number of carboxylic acid groups (broad SMARTS) is 1. The van der Waals surface area contributed by atoms with Crippen molar-refractivity contribution in [1.82, 2.24) is 15.2 Å². The number of ether oxygens (including phenoxy) is 2. The normalized spacial score (nSPS) is 21.7. The Hall–Kier alpha value is -4.08. The molecular formula is C32H40N4O6. The Balaban J connectivity index is 1.33. The van der Waals surface area contributed by atoms with E-state index in [0.717, 1.165) is 48.1 Å². The average Bonchev–Trinajstić information content (AvgIpc) is 3.01. The van der Waals surface area contributed by atoms with Crippen molar-refractivity contribution in [1.29, 1.82) is 0 Å². The summed E-state index contributed by atoms with van der Waals surface area (Å²) in [7, 11) is 3.21. The quantitative estimate of drug-likeness (QED) is 0.485. The van der Waals surface area contributed by atoms with Gasteiger partial charge in [0.1, 0.15) is 6.04 Å². The average molecular weight is 577 g/mol. The third kappa shape index (κ3) is 6.22. The lowest BCUT2D eigenvalue weighted by atomic mass is 9.73. The first-order chi connectivity index (χ1) is 20.3. The number of carbonyl (C=O) groups is 3. The molecule has 1 saturated carbocycles. The number of hydrazone groups is 1. The summed E-state index contributed by atoms with van der Waals surface area (Å²) in [6.45, 7) is 2.83. The van der Waals surface area contributed by atoms with Crippen molar-refractivity contribution in [2.24, 2.45) is 16.9 Å². The first-order valence-electron chi connectivity index (χ1n) is 14.8. The molecule has 2 aromatic carbocycles. The maximum absolute atomic E-state index is 13.7. The minimum atomic E-state index is -1.23. The van der Waals surface area contributed by atoms with Crippen molar-refractivity contribution in [3.05, 3.63) is 59.2 Å². The lowest BCUT2D eigenvalue weighted by Crippen LogP contribution is -2.55. The SMILES string of the molecule is COc1ccc(C2=NN(C3CCN(C(=O)[C@@H](Cc4ccc(C)cc4)NC(=O)O)CC3)C(=O)[C@@H]3CCCC[C@H]23)cc1OC. The van der Waals surface area contributed by atoms with Crippen molar-refractivity contribution >= 4 is 23.6 Å². The van der Waals surface area contributed by atoms with Crippen molar-refractivity contribution in [2.45, 2.75) is 64.0 Å². The first kappa shape index (κ1) is 29.4. The Morgan fingerprint density at radius 3 is 2.29 bits per heavy atom. The zero-order valence-electron chi connectivity index (χ0n) is 24.5. The molecule has 3 atom stereocenters. The number of hydrogen-bond donors (Lipinski definition) is 2. The number of rotatable bonds is 8. The molecule has 1 saturated heterocycles. The molecule has 3 aliphatic rings. The minimum absolute atomic E-state index is 0.0619. The number of likely N-dealkylation sites (tertiary alicyclic amines) is 1. The molecule has 0 spiro atoms. The van der Waals surface area contributed by atoms with Crippen molar-refractivity contribution in [3.63, 3.8) is 0 Å². The van der Waals surface area contributed by atoms with Gasteiger partial charge in [-0.15, -0.1) is 0 Å². The van der Waals surface area contributed by atoms with Crippen LogP contribution < -0.4 is 14.8 Å². The van der Waals surface area contributed by atoms with Gasteiger partial charge in [-0.25, -0.2) is 9.80 Å². The van der Waals surface area contributed by atoms with Gasteiger partial charge in [0.15, 0.2) is 11.5 Å². The maximum Gasteiger partial charge on any atom is 0.405 e. The number of piperidine rings is 1. The van der Waals surface area contributed by atoms with Crippen molar-refractivity contribution in [3.8, 4) is 11.5 Å². The van der Waals surface area contributed by atoms with E-state index in [9.17, 15) is 19.5 Å². The largest absolute Gasteiger partial charge is 0.493 e. The third-order valence-corrected chi connectivity index (χ3v) is 8.83. The smallest absolute Gasteiger partial charge is 0.405 e. The predicted octanol–water partition coefficient (Wildman–Crippen LogP) is 4.23. The Kier molecular flexibility index (Phi) is 8.99. The highest BCUT2D eigenvalue weighted by molar-refractivity contribution is 6.07. The van der Waals surface area contributed by atoms with Crippen molar-refractivity contribution < 1.29 is 29.0 Å². The van der Waals surface area contributed by atoms with E-state index in [-0.39, 0.29) is 36.1 Å². The predicted molar refractivity (Wildman–Crippen MR) is 158 cm³/mol. The molecule has 2 aromatic rings. The van der Waals surface area contributed by atoms with Crippen LogP contribution in [0.3, 0.4) is 0 Å². The fourth-order valence-electron chi connectivity index (χ4n) is 6.55.